The summed E-state index contributed by atoms with van der Waals surface area (Å²) in [5.74, 6) is 1.24. The highest BCUT2D eigenvalue weighted by atomic mass is 16.5. The van der Waals surface area contributed by atoms with Crippen molar-refractivity contribution >= 4 is 11.2 Å². The highest BCUT2D eigenvalue weighted by molar-refractivity contribution is 5.74. The number of aromatic nitrogens is 4. The van der Waals surface area contributed by atoms with Crippen LogP contribution in [0.25, 0.3) is 11.2 Å². The molecule has 0 amide bonds. The molecule has 0 saturated carbocycles. The van der Waals surface area contributed by atoms with Crippen molar-refractivity contribution in [2.45, 2.75) is 52.2 Å². The Morgan fingerprint density at radius 2 is 2.26 bits per heavy atom. The van der Waals surface area contributed by atoms with Gasteiger partial charge in [0.2, 0.25) is 0 Å². The number of hydrogen-bond acceptors (Lipinski definition) is 4. The van der Waals surface area contributed by atoms with E-state index in [-0.39, 0.29) is 6.23 Å². The van der Waals surface area contributed by atoms with E-state index in [9.17, 15) is 0 Å². The summed E-state index contributed by atoms with van der Waals surface area (Å²) < 4.78 is 7.81. The fourth-order valence-corrected chi connectivity index (χ4v) is 2.54. The second-order valence-electron chi connectivity index (χ2n) is 5.33. The number of ether oxygens (including phenoxy) is 1. The van der Waals surface area contributed by atoms with Gasteiger partial charge in [0.05, 0.1) is 12.0 Å². The third kappa shape index (κ3) is 2.12. The molecule has 5 heteroatoms. The van der Waals surface area contributed by atoms with E-state index in [2.05, 4.69) is 40.3 Å². The molecule has 19 heavy (non-hydrogen) atoms. The van der Waals surface area contributed by atoms with Crippen molar-refractivity contribution in [3.05, 3.63) is 17.8 Å². The standard InChI is InChI=1S/C14H20N4O/c1-4-10-16-12(9(2)3)13-14(17-10)18(8-15-13)11-6-5-7-19-11/h8-9,11H,4-7H2,1-3H3. The lowest BCUT2D eigenvalue weighted by Gasteiger charge is -2.13. The van der Waals surface area contributed by atoms with Crippen LogP contribution in [0.15, 0.2) is 6.33 Å². The van der Waals surface area contributed by atoms with Crippen LogP contribution in [0, 0.1) is 0 Å². The van der Waals surface area contributed by atoms with Crippen molar-refractivity contribution in [2.24, 2.45) is 0 Å². The molecule has 0 spiro atoms. The van der Waals surface area contributed by atoms with Crippen LogP contribution in [-0.2, 0) is 11.2 Å². The van der Waals surface area contributed by atoms with Crippen molar-refractivity contribution in [1.29, 1.82) is 0 Å². The van der Waals surface area contributed by atoms with Crippen LogP contribution >= 0.6 is 0 Å². The monoisotopic (exact) mass is 260 g/mol. The van der Waals surface area contributed by atoms with Crippen molar-refractivity contribution in [3.8, 4) is 0 Å². The van der Waals surface area contributed by atoms with Crippen LogP contribution in [0.3, 0.4) is 0 Å². The Bertz CT molecular complexity index is 584. The fourth-order valence-electron chi connectivity index (χ4n) is 2.54. The van der Waals surface area contributed by atoms with E-state index in [4.69, 9.17) is 4.74 Å². The van der Waals surface area contributed by atoms with Crippen molar-refractivity contribution in [3.63, 3.8) is 0 Å². The number of imidazole rings is 1. The molecule has 1 aliphatic heterocycles. The minimum Gasteiger partial charge on any atom is -0.358 e. The van der Waals surface area contributed by atoms with Crippen LogP contribution in [0.2, 0.25) is 0 Å². The summed E-state index contributed by atoms with van der Waals surface area (Å²) in [5, 5.41) is 0. The van der Waals surface area contributed by atoms with Gasteiger partial charge in [0.25, 0.3) is 0 Å². The average Bonchev–Trinajstić information content (AvgIpc) is 3.05. The third-order valence-electron chi connectivity index (χ3n) is 3.57. The SMILES string of the molecule is CCc1nc(C(C)C)c2ncn(C3CCCO3)c2n1. The lowest BCUT2D eigenvalue weighted by molar-refractivity contribution is 0.0592. The largest absolute Gasteiger partial charge is 0.358 e. The lowest BCUT2D eigenvalue weighted by Crippen LogP contribution is -2.09. The summed E-state index contributed by atoms with van der Waals surface area (Å²) in [6.45, 7) is 7.20. The zero-order valence-corrected chi connectivity index (χ0v) is 11.8. The maximum Gasteiger partial charge on any atom is 0.165 e. The van der Waals surface area contributed by atoms with E-state index in [0.29, 0.717) is 5.92 Å². The predicted molar refractivity (Wildman–Crippen MR) is 73.0 cm³/mol. The molecule has 0 N–H and O–H groups in total. The molecule has 1 unspecified atom stereocenters. The first-order valence-corrected chi connectivity index (χ1v) is 7.05. The minimum absolute atomic E-state index is 0.0876. The normalized spacial score (nSPS) is 19.7. The van der Waals surface area contributed by atoms with Gasteiger partial charge in [-0.2, -0.15) is 0 Å². The van der Waals surface area contributed by atoms with Crippen molar-refractivity contribution < 1.29 is 4.74 Å². The van der Waals surface area contributed by atoms with Crippen LogP contribution in [0.4, 0.5) is 0 Å². The molecule has 3 rings (SSSR count). The third-order valence-corrected chi connectivity index (χ3v) is 3.57. The summed E-state index contributed by atoms with van der Waals surface area (Å²) in [6, 6.07) is 0. The van der Waals surface area contributed by atoms with Crippen LogP contribution in [-0.4, -0.2) is 26.1 Å². The van der Waals surface area contributed by atoms with Gasteiger partial charge in [-0.15, -0.1) is 0 Å². The molecule has 0 bridgehead atoms. The van der Waals surface area contributed by atoms with Gasteiger partial charge in [0.1, 0.15) is 17.6 Å². The number of rotatable bonds is 3. The fraction of sp³-hybridized carbons (Fsp3) is 0.643. The Morgan fingerprint density at radius 3 is 2.89 bits per heavy atom. The summed E-state index contributed by atoms with van der Waals surface area (Å²) >= 11 is 0. The number of hydrogen-bond donors (Lipinski definition) is 0. The lowest BCUT2D eigenvalue weighted by atomic mass is 10.1. The molecule has 0 aromatic carbocycles. The van der Waals surface area contributed by atoms with Crippen LogP contribution in [0.1, 0.15) is 57.3 Å². The highest BCUT2D eigenvalue weighted by Crippen LogP contribution is 2.28. The Kier molecular flexibility index (Phi) is 3.22. The van der Waals surface area contributed by atoms with Crippen LogP contribution in [0.5, 0.6) is 0 Å². The molecule has 1 saturated heterocycles. The van der Waals surface area contributed by atoms with Crippen molar-refractivity contribution in [2.75, 3.05) is 6.61 Å². The molecule has 5 nitrogen and oxygen atoms in total. The van der Waals surface area contributed by atoms with Gasteiger partial charge in [-0.3, -0.25) is 4.57 Å². The van der Waals surface area contributed by atoms with Gasteiger partial charge in [0.15, 0.2) is 5.65 Å². The molecule has 3 heterocycles. The van der Waals surface area contributed by atoms with E-state index in [1.807, 2.05) is 6.33 Å². The predicted octanol–water partition coefficient (Wildman–Crippen LogP) is 2.82. The Morgan fingerprint density at radius 1 is 1.42 bits per heavy atom. The topological polar surface area (TPSA) is 52.8 Å². The number of fused-ring (bicyclic) bond motifs is 1. The van der Waals surface area contributed by atoms with Gasteiger partial charge in [-0.05, 0) is 18.8 Å². The first kappa shape index (κ1) is 12.5. The average molecular weight is 260 g/mol. The quantitative estimate of drug-likeness (QED) is 0.851. The molecule has 1 atom stereocenters. The van der Waals surface area contributed by atoms with E-state index in [0.717, 1.165) is 48.6 Å². The number of aryl methyl sites for hydroxylation is 1. The minimum atomic E-state index is 0.0876. The summed E-state index contributed by atoms with van der Waals surface area (Å²) in [5.41, 5.74) is 2.88. The van der Waals surface area contributed by atoms with Gasteiger partial charge >= 0.3 is 0 Å². The van der Waals surface area contributed by atoms with Gasteiger partial charge in [0, 0.05) is 13.0 Å². The smallest absolute Gasteiger partial charge is 0.165 e. The summed E-state index contributed by atoms with van der Waals surface area (Å²) in [7, 11) is 0. The molecule has 102 valence electrons. The Hall–Kier alpha value is -1.49. The molecule has 0 aliphatic carbocycles. The molecular weight excluding hydrogens is 240 g/mol. The van der Waals surface area contributed by atoms with E-state index < -0.39 is 0 Å². The molecular formula is C14H20N4O. The maximum absolute atomic E-state index is 5.74. The molecule has 0 radical (unpaired) electrons. The van der Waals surface area contributed by atoms with E-state index in [1.54, 1.807) is 0 Å². The zero-order valence-electron chi connectivity index (χ0n) is 11.8. The van der Waals surface area contributed by atoms with Gasteiger partial charge in [-0.25, -0.2) is 15.0 Å². The van der Waals surface area contributed by atoms with E-state index in [1.165, 1.54) is 0 Å². The molecule has 2 aromatic rings. The summed E-state index contributed by atoms with van der Waals surface area (Å²) in [6.07, 6.45) is 4.92. The first-order valence-electron chi connectivity index (χ1n) is 7.05. The zero-order chi connectivity index (χ0) is 13.4. The maximum atomic E-state index is 5.74. The molecule has 2 aromatic heterocycles. The second kappa shape index (κ2) is 4.89. The number of nitrogens with zero attached hydrogens (tertiary/aromatic N) is 4. The summed E-state index contributed by atoms with van der Waals surface area (Å²) in [4.78, 5) is 13.8. The highest BCUT2D eigenvalue weighted by Gasteiger charge is 2.22. The Balaban J connectivity index is 2.17. The van der Waals surface area contributed by atoms with Crippen LogP contribution < -0.4 is 0 Å². The Labute approximate surface area is 113 Å². The molecule has 1 aliphatic rings. The van der Waals surface area contributed by atoms with Gasteiger partial charge < -0.3 is 4.74 Å². The molecule has 1 fully saturated rings. The van der Waals surface area contributed by atoms with Gasteiger partial charge in [-0.1, -0.05) is 20.8 Å². The van der Waals surface area contributed by atoms with E-state index >= 15 is 0 Å². The van der Waals surface area contributed by atoms with Crippen molar-refractivity contribution in [1.82, 2.24) is 19.5 Å². The second-order valence-corrected chi connectivity index (χ2v) is 5.33. The first-order chi connectivity index (χ1) is 9.20.